The lowest BCUT2D eigenvalue weighted by molar-refractivity contribution is 0.597. The second-order valence-electron chi connectivity index (χ2n) is 4.91. The number of hydrogen-bond acceptors (Lipinski definition) is 5. The Hall–Kier alpha value is -1.88. The van der Waals surface area contributed by atoms with E-state index in [1.54, 1.807) is 23.9 Å². The summed E-state index contributed by atoms with van der Waals surface area (Å²) in [5, 5.41) is 5.87. The standard InChI is InChI=1S/C15H15FN2O4S3/c1-23-13-5-2-11(3-6-13)8-9-24(19,20)18-14-10-12(16)4-7-15(14)25(17,21)22/h2-10,18H,1H3,(H2,17,21,22). The molecular formula is C15H15FN2O4S3. The molecule has 0 aliphatic heterocycles. The fraction of sp³-hybridized carbons (Fsp3) is 0.0667. The molecule has 0 spiro atoms. The summed E-state index contributed by atoms with van der Waals surface area (Å²) in [4.78, 5) is 0.505. The normalized spacial score (nSPS) is 12.4. The molecule has 6 nitrogen and oxygen atoms in total. The van der Waals surface area contributed by atoms with Crippen molar-refractivity contribution in [3.8, 4) is 0 Å². The lowest BCUT2D eigenvalue weighted by Gasteiger charge is -2.09. The van der Waals surface area contributed by atoms with Crippen LogP contribution in [0.3, 0.4) is 0 Å². The molecule has 0 bridgehead atoms. The van der Waals surface area contributed by atoms with Crippen LogP contribution in [0.15, 0.2) is 57.7 Å². The zero-order chi connectivity index (χ0) is 18.7. The highest BCUT2D eigenvalue weighted by molar-refractivity contribution is 7.98. The summed E-state index contributed by atoms with van der Waals surface area (Å²) in [5.41, 5.74) is 0.180. The molecule has 0 aromatic heterocycles. The molecule has 134 valence electrons. The number of benzene rings is 2. The summed E-state index contributed by atoms with van der Waals surface area (Å²) in [6, 6.07) is 9.64. The smallest absolute Gasteiger partial charge is 0.255 e. The summed E-state index contributed by atoms with van der Waals surface area (Å²) in [6.45, 7) is 0. The SMILES string of the molecule is CSc1ccc(C=CS(=O)(=O)Nc2cc(F)ccc2S(N)(=O)=O)cc1. The summed E-state index contributed by atoms with van der Waals surface area (Å²) in [7, 11) is -8.29. The van der Waals surface area contributed by atoms with E-state index in [2.05, 4.69) is 0 Å². The first-order valence-corrected chi connectivity index (χ1v) is 11.1. The van der Waals surface area contributed by atoms with Crippen molar-refractivity contribution in [3.05, 3.63) is 59.3 Å². The van der Waals surface area contributed by atoms with Crippen LogP contribution in [0.1, 0.15) is 5.56 Å². The molecule has 0 atom stereocenters. The number of rotatable bonds is 6. The van der Waals surface area contributed by atoms with E-state index in [-0.39, 0.29) is 0 Å². The number of nitrogens with one attached hydrogen (secondary N) is 1. The Morgan fingerprint density at radius 1 is 1.08 bits per heavy atom. The molecule has 0 heterocycles. The summed E-state index contributed by atoms with van der Waals surface area (Å²) >= 11 is 1.55. The van der Waals surface area contributed by atoms with E-state index in [1.807, 2.05) is 23.1 Å². The Morgan fingerprint density at radius 2 is 1.72 bits per heavy atom. The Balaban J connectivity index is 2.29. The van der Waals surface area contributed by atoms with Crippen molar-refractivity contribution in [3.63, 3.8) is 0 Å². The monoisotopic (exact) mass is 402 g/mol. The fourth-order valence-electron chi connectivity index (χ4n) is 1.90. The third-order valence-electron chi connectivity index (χ3n) is 3.06. The number of thioether (sulfide) groups is 1. The van der Waals surface area contributed by atoms with Gasteiger partial charge in [-0.05, 0) is 48.2 Å². The minimum absolute atomic E-state index is 0.454. The van der Waals surface area contributed by atoms with E-state index in [9.17, 15) is 21.2 Å². The van der Waals surface area contributed by atoms with Gasteiger partial charge in [-0.1, -0.05) is 12.1 Å². The number of primary sulfonamides is 1. The van der Waals surface area contributed by atoms with Crippen LogP contribution in [-0.4, -0.2) is 23.1 Å². The van der Waals surface area contributed by atoms with Crippen LogP contribution in [0.5, 0.6) is 0 Å². The van der Waals surface area contributed by atoms with Gasteiger partial charge in [0.05, 0.1) is 11.1 Å². The molecule has 0 amide bonds. The van der Waals surface area contributed by atoms with E-state index in [4.69, 9.17) is 5.14 Å². The van der Waals surface area contributed by atoms with Crippen LogP contribution >= 0.6 is 11.8 Å². The molecule has 0 saturated heterocycles. The minimum atomic E-state index is -4.22. The Kier molecular flexibility index (Phi) is 5.88. The molecule has 25 heavy (non-hydrogen) atoms. The highest BCUT2D eigenvalue weighted by Crippen LogP contribution is 2.23. The highest BCUT2D eigenvalue weighted by Gasteiger charge is 2.18. The molecule has 2 aromatic carbocycles. The van der Waals surface area contributed by atoms with E-state index >= 15 is 0 Å². The summed E-state index contributed by atoms with van der Waals surface area (Å²) in [5.74, 6) is -0.804. The Bertz CT molecular complexity index is 1000. The first-order valence-electron chi connectivity index (χ1n) is 6.78. The van der Waals surface area contributed by atoms with Crippen molar-refractivity contribution in [1.29, 1.82) is 0 Å². The molecule has 2 rings (SSSR count). The molecule has 0 unspecified atom stereocenters. The van der Waals surface area contributed by atoms with E-state index in [1.165, 1.54) is 6.08 Å². The van der Waals surface area contributed by atoms with Gasteiger partial charge in [-0.2, -0.15) is 0 Å². The largest absolute Gasteiger partial charge is 0.279 e. The average Bonchev–Trinajstić information content (AvgIpc) is 2.52. The maximum Gasteiger partial charge on any atom is 0.255 e. The minimum Gasteiger partial charge on any atom is -0.279 e. The molecule has 10 heteroatoms. The van der Waals surface area contributed by atoms with Gasteiger partial charge < -0.3 is 0 Å². The topological polar surface area (TPSA) is 106 Å². The Morgan fingerprint density at radius 3 is 2.28 bits per heavy atom. The van der Waals surface area contributed by atoms with Crippen molar-refractivity contribution < 1.29 is 21.2 Å². The predicted octanol–water partition coefficient (Wildman–Crippen LogP) is 2.61. The van der Waals surface area contributed by atoms with Gasteiger partial charge in [0.15, 0.2) is 0 Å². The summed E-state index contributed by atoms with van der Waals surface area (Å²) < 4.78 is 62.6. The van der Waals surface area contributed by atoms with Crippen molar-refractivity contribution >= 4 is 43.6 Å². The second-order valence-corrected chi connectivity index (χ2v) is 8.88. The third kappa shape index (κ3) is 5.56. The van der Waals surface area contributed by atoms with Gasteiger partial charge in [-0.25, -0.2) is 26.4 Å². The number of anilines is 1. The third-order valence-corrected chi connectivity index (χ3v) is 5.77. The maximum absolute atomic E-state index is 13.3. The number of hydrogen-bond donors (Lipinski definition) is 2. The first-order chi connectivity index (χ1) is 11.6. The van der Waals surface area contributed by atoms with Crippen molar-refractivity contribution in [1.82, 2.24) is 0 Å². The number of nitrogens with two attached hydrogens (primary N) is 1. The Labute approximate surface area is 150 Å². The van der Waals surface area contributed by atoms with E-state index < -0.39 is 36.4 Å². The molecule has 0 fully saturated rings. The first kappa shape index (κ1) is 19.4. The second kappa shape index (κ2) is 7.56. The predicted molar refractivity (Wildman–Crippen MR) is 97.6 cm³/mol. The van der Waals surface area contributed by atoms with Crippen LogP contribution in [0.25, 0.3) is 6.08 Å². The van der Waals surface area contributed by atoms with Crippen molar-refractivity contribution in [2.24, 2.45) is 5.14 Å². The molecule has 0 aliphatic rings. The van der Waals surface area contributed by atoms with Crippen LogP contribution in [0.2, 0.25) is 0 Å². The van der Waals surface area contributed by atoms with Gasteiger partial charge in [0.2, 0.25) is 10.0 Å². The van der Waals surface area contributed by atoms with Gasteiger partial charge in [0.25, 0.3) is 10.0 Å². The van der Waals surface area contributed by atoms with Gasteiger partial charge in [0, 0.05) is 4.90 Å². The van der Waals surface area contributed by atoms with Crippen LogP contribution in [0.4, 0.5) is 10.1 Å². The zero-order valence-corrected chi connectivity index (χ0v) is 15.5. The molecule has 0 radical (unpaired) electrons. The average molecular weight is 402 g/mol. The van der Waals surface area contributed by atoms with Crippen molar-refractivity contribution in [2.75, 3.05) is 11.0 Å². The quantitative estimate of drug-likeness (QED) is 0.723. The van der Waals surface area contributed by atoms with E-state index in [0.717, 1.165) is 28.5 Å². The van der Waals surface area contributed by atoms with Gasteiger partial charge in [-0.15, -0.1) is 11.8 Å². The van der Waals surface area contributed by atoms with Gasteiger partial charge in [0.1, 0.15) is 10.7 Å². The van der Waals surface area contributed by atoms with Crippen LogP contribution < -0.4 is 9.86 Å². The number of halogens is 1. The number of sulfonamides is 2. The lowest BCUT2D eigenvalue weighted by atomic mass is 10.2. The molecule has 2 aromatic rings. The van der Waals surface area contributed by atoms with Crippen LogP contribution in [-0.2, 0) is 20.0 Å². The fourth-order valence-corrected chi connectivity index (χ4v) is 3.93. The van der Waals surface area contributed by atoms with E-state index in [0.29, 0.717) is 5.56 Å². The maximum atomic E-state index is 13.3. The van der Waals surface area contributed by atoms with Crippen LogP contribution in [0, 0.1) is 5.82 Å². The highest BCUT2D eigenvalue weighted by atomic mass is 32.2. The summed E-state index contributed by atoms with van der Waals surface area (Å²) in [6.07, 6.45) is 3.25. The van der Waals surface area contributed by atoms with Gasteiger partial charge in [-0.3, -0.25) is 4.72 Å². The molecular weight excluding hydrogens is 387 g/mol. The van der Waals surface area contributed by atoms with Gasteiger partial charge >= 0.3 is 0 Å². The molecule has 3 N–H and O–H groups in total. The van der Waals surface area contributed by atoms with Crippen molar-refractivity contribution in [2.45, 2.75) is 9.79 Å². The lowest BCUT2D eigenvalue weighted by Crippen LogP contribution is -2.17. The molecule has 0 aliphatic carbocycles. The molecule has 0 saturated carbocycles. The zero-order valence-electron chi connectivity index (χ0n) is 13.0.